The molecule has 0 aromatic heterocycles. The Morgan fingerprint density at radius 1 is 1.29 bits per heavy atom. The Bertz CT molecular complexity index is 528. The van der Waals surface area contributed by atoms with Crippen LogP contribution in [0, 0.1) is 5.41 Å². The van der Waals surface area contributed by atoms with Gasteiger partial charge in [-0.1, -0.05) is 25.4 Å². The van der Waals surface area contributed by atoms with Crippen LogP contribution in [0.15, 0.2) is 18.2 Å². The summed E-state index contributed by atoms with van der Waals surface area (Å²) in [4.78, 5) is 22.5. The summed E-state index contributed by atoms with van der Waals surface area (Å²) in [7, 11) is 0. The monoisotopic (exact) mass is 313 g/mol. The number of benzene rings is 1. The van der Waals surface area contributed by atoms with Crippen molar-refractivity contribution in [3.63, 3.8) is 0 Å². The van der Waals surface area contributed by atoms with E-state index in [0.717, 1.165) is 0 Å². The standard InChI is InChI=1S/C15H20ClNO4/c1-15(2,6-5-13(19)20)7-8-17-14(21)11-9-10(18)3-4-12(11)16/h3-4,9,18H,5-8H2,1-2H3,(H,17,21)(H,19,20). The van der Waals surface area contributed by atoms with E-state index in [1.807, 2.05) is 13.8 Å². The van der Waals surface area contributed by atoms with Crippen LogP contribution >= 0.6 is 11.6 Å². The first-order chi connectivity index (χ1) is 9.71. The number of amides is 1. The third kappa shape index (κ3) is 6.04. The first-order valence-electron chi connectivity index (χ1n) is 6.70. The molecule has 0 aliphatic carbocycles. The molecule has 1 amide bonds. The van der Waals surface area contributed by atoms with Crippen molar-refractivity contribution in [1.82, 2.24) is 5.32 Å². The first-order valence-corrected chi connectivity index (χ1v) is 7.07. The molecule has 0 aliphatic rings. The zero-order valence-corrected chi connectivity index (χ0v) is 12.9. The van der Waals surface area contributed by atoms with Crippen LogP contribution in [0.2, 0.25) is 5.02 Å². The van der Waals surface area contributed by atoms with Crippen molar-refractivity contribution in [3.05, 3.63) is 28.8 Å². The van der Waals surface area contributed by atoms with Crippen LogP contribution < -0.4 is 5.32 Å². The lowest BCUT2D eigenvalue weighted by molar-refractivity contribution is -0.137. The highest BCUT2D eigenvalue weighted by molar-refractivity contribution is 6.33. The van der Waals surface area contributed by atoms with Gasteiger partial charge in [-0.3, -0.25) is 9.59 Å². The van der Waals surface area contributed by atoms with Gasteiger partial charge in [0.2, 0.25) is 0 Å². The molecule has 0 saturated heterocycles. The van der Waals surface area contributed by atoms with E-state index in [2.05, 4.69) is 5.32 Å². The Balaban J connectivity index is 2.50. The van der Waals surface area contributed by atoms with Crippen molar-refractivity contribution in [2.75, 3.05) is 6.54 Å². The maximum Gasteiger partial charge on any atom is 0.303 e. The Morgan fingerprint density at radius 3 is 2.57 bits per heavy atom. The zero-order chi connectivity index (χ0) is 16.0. The van der Waals surface area contributed by atoms with Gasteiger partial charge in [0.05, 0.1) is 10.6 Å². The van der Waals surface area contributed by atoms with E-state index in [1.165, 1.54) is 18.2 Å². The number of halogens is 1. The lowest BCUT2D eigenvalue weighted by atomic mass is 9.84. The molecule has 0 spiro atoms. The molecule has 3 N–H and O–H groups in total. The SMILES string of the molecule is CC(C)(CCNC(=O)c1cc(O)ccc1Cl)CCC(=O)O. The van der Waals surface area contributed by atoms with Crippen LogP contribution in [0.1, 0.15) is 43.5 Å². The minimum atomic E-state index is -0.821. The number of phenolic OH excluding ortho intramolecular Hbond substituents is 1. The van der Waals surface area contributed by atoms with Gasteiger partial charge in [-0.2, -0.15) is 0 Å². The maximum absolute atomic E-state index is 12.0. The molecular weight excluding hydrogens is 294 g/mol. The summed E-state index contributed by atoms with van der Waals surface area (Å²) in [6.45, 7) is 4.34. The molecule has 1 aromatic rings. The van der Waals surface area contributed by atoms with Crippen LogP contribution in [-0.4, -0.2) is 28.6 Å². The first kappa shape index (κ1) is 17.3. The fourth-order valence-corrected chi connectivity index (χ4v) is 2.07. The Morgan fingerprint density at radius 2 is 1.95 bits per heavy atom. The average molecular weight is 314 g/mol. The molecule has 1 rings (SSSR count). The Labute approximate surface area is 128 Å². The molecule has 0 unspecified atom stereocenters. The lowest BCUT2D eigenvalue weighted by Crippen LogP contribution is -2.28. The molecule has 0 bridgehead atoms. The molecule has 0 atom stereocenters. The summed E-state index contributed by atoms with van der Waals surface area (Å²) < 4.78 is 0. The molecule has 0 aliphatic heterocycles. The molecule has 0 heterocycles. The van der Waals surface area contributed by atoms with E-state index >= 15 is 0 Å². The summed E-state index contributed by atoms with van der Waals surface area (Å²) in [6.07, 6.45) is 1.31. The van der Waals surface area contributed by atoms with E-state index < -0.39 is 5.97 Å². The normalized spacial score (nSPS) is 11.2. The summed E-state index contributed by atoms with van der Waals surface area (Å²) in [5, 5.41) is 21.1. The molecule has 21 heavy (non-hydrogen) atoms. The Kier molecular flexibility index (Phi) is 6.03. The highest BCUT2D eigenvalue weighted by Crippen LogP contribution is 2.26. The van der Waals surface area contributed by atoms with Crippen molar-refractivity contribution >= 4 is 23.5 Å². The van der Waals surface area contributed by atoms with Crippen molar-refractivity contribution < 1.29 is 19.8 Å². The van der Waals surface area contributed by atoms with Gasteiger partial charge in [0, 0.05) is 13.0 Å². The molecule has 5 nitrogen and oxygen atoms in total. The number of carbonyl (C=O) groups is 2. The van der Waals surface area contributed by atoms with Gasteiger partial charge in [0.25, 0.3) is 5.91 Å². The third-order valence-corrected chi connectivity index (χ3v) is 3.63. The highest BCUT2D eigenvalue weighted by Gasteiger charge is 2.19. The van der Waals surface area contributed by atoms with Gasteiger partial charge < -0.3 is 15.5 Å². The Hall–Kier alpha value is -1.75. The lowest BCUT2D eigenvalue weighted by Gasteiger charge is -2.23. The van der Waals surface area contributed by atoms with Crippen molar-refractivity contribution in [2.24, 2.45) is 5.41 Å². The van der Waals surface area contributed by atoms with E-state index in [1.54, 1.807) is 0 Å². The predicted octanol–water partition coefficient (Wildman–Crippen LogP) is 3.06. The van der Waals surface area contributed by atoms with E-state index in [-0.39, 0.29) is 34.1 Å². The van der Waals surface area contributed by atoms with Crippen LogP contribution in [0.5, 0.6) is 5.75 Å². The van der Waals surface area contributed by atoms with Crippen LogP contribution in [0.3, 0.4) is 0 Å². The van der Waals surface area contributed by atoms with Crippen LogP contribution in [-0.2, 0) is 4.79 Å². The zero-order valence-electron chi connectivity index (χ0n) is 12.1. The van der Waals surface area contributed by atoms with Crippen molar-refractivity contribution in [2.45, 2.75) is 33.1 Å². The summed E-state index contributed by atoms with van der Waals surface area (Å²) >= 11 is 5.91. The smallest absolute Gasteiger partial charge is 0.303 e. The number of carboxylic acids is 1. The van der Waals surface area contributed by atoms with Gasteiger partial charge in [-0.15, -0.1) is 0 Å². The number of aromatic hydroxyl groups is 1. The van der Waals surface area contributed by atoms with E-state index in [4.69, 9.17) is 16.7 Å². The third-order valence-electron chi connectivity index (χ3n) is 3.30. The number of aliphatic carboxylic acids is 1. The minimum Gasteiger partial charge on any atom is -0.508 e. The second kappa shape index (κ2) is 7.31. The number of hydrogen-bond acceptors (Lipinski definition) is 3. The van der Waals surface area contributed by atoms with E-state index in [0.29, 0.717) is 19.4 Å². The molecule has 0 fully saturated rings. The van der Waals surface area contributed by atoms with E-state index in [9.17, 15) is 14.7 Å². The van der Waals surface area contributed by atoms with Crippen LogP contribution in [0.25, 0.3) is 0 Å². The summed E-state index contributed by atoms with van der Waals surface area (Å²) in [6, 6.07) is 4.18. The number of phenols is 1. The second-order valence-electron chi connectivity index (χ2n) is 5.73. The number of carbonyl (C=O) groups excluding carboxylic acids is 1. The number of rotatable bonds is 7. The number of nitrogens with one attached hydrogen (secondary N) is 1. The topological polar surface area (TPSA) is 86.6 Å². The largest absolute Gasteiger partial charge is 0.508 e. The quantitative estimate of drug-likeness (QED) is 0.722. The fraction of sp³-hybridized carbons (Fsp3) is 0.467. The van der Waals surface area contributed by atoms with Gasteiger partial charge in [-0.05, 0) is 36.5 Å². The van der Waals surface area contributed by atoms with Gasteiger partial charge >= 0.3 is 5.97 Å². The minimum absolute atomic E-state index is 0.0219. The number of hydrogen-bond donors (Lipinski definition) is 3. The second-order valence-corrected chi connectivity index (χ2v) is 6.14. The van der Waals surface area contributed by atoms with Crippen molar-refractivity contribution in [3.8, 4) is 5.75 Å². The van der Waals surface area contributed by atoms with Gasteiger partial charge in [-0.25, -0.2) is 0 Å². The predicted molar refractivity (Wildman–Crippen MR) is 80.7 cm³/mol. The summed E-state index contributed by atoms with van der Waals surface area (Å²) in [5.41, 5.74) is 0.0499. The van der Waals surface area contributed by atoms with Crippen LogP contribution in [0.4, 0.5) is 0 Å². The average Bonchev–Trinajstić information content (AvgIpc) is 2.39. The molecule has 0 radical (unpaired) electrons. The molecule has 6 heteroatoms. The van der Waals surface area contributed by atoms with Gasteiger partial charge in [0.15, 0.2) is 0 Å². The van der Waals surface area contributed by atoms with Gasteiger partial charge in [0.1, 0.15) is 5.75 Å². The van der Waals surface area contributed by atoms with Crippen molar-refractivity contribution in [1.29, 1.82) is 0 Å². The summed E-state index contributed by atoms with van der Waals surface area (Å²) in [5.74, 6) is -1.20. The molecule has 0 saturated carbocycles. The highest BCUT2D eigenvalue weighted by atomic mass is 35.5. The fourth-order valence-electron chi connectivity index (χ4n) is 1.87. The molecular formula is C15H20ClNO4. The molecule has 116 valence electrons. The molecule has 1 aromatic carbocycles. The number of carboxylic acid groups (broad SMARTS) is 1. The maximum atomic E-state index is 12.0.